The van der Waals surface area contributed by atoms with E-state index >= 15 is 0 Å². The van der Waals surface area contributed by atoms with Gasteiger partial charge in [-0.2, -0.15) is 10.2 Å². The molecule has 2 aromatic heterocycles. The molecule has 0 unspecified atom stereocenters. The maximum absolute atomic E-state index is 12.0. The average Bonchev–Trinajstić information content (AvgIpc) is 3.06. The van der Waals surface area contributed by atoms with Crippen LogP contribution in [0.25, 0.3) is 0 Å². The molecule has 0 spiro atoms. The first-order chi connectivity index (χ1) is 10.1. The van der Waals surface area contributed by atoms with Gasteiger partial charge < -0.3 is 0 Å². The molecular formula is C12H15N7OS. The van der Waals surface area contributed by atoms with Gasteiger partial charge in [0.25, 0.3) is 5.91 Å². The number of hydrogen-bond donors (Lipinski definition) is 2. The third-order valence-electron chi connectivity index (χ3n) is 2.35. The molecule has 0 aliphatic rings. The monoisotopic (exact) mass is 305 g/mol. The van der Waals surface area contributed by atoms with Crippen molar-refractivity contribution in [1.29, 1.82) is 0 Å². The lowest BCUT2D eigenvalue weighted by Crippen LogP contribution is -2.18. The van der Waals surface area contributed by atoms with Crippen LogP contribution in [0.15, 0.2) is 33.0 Å². The molecule has 21 heavy (non-hydrogen) atoms. The second-order valence-corrected chi connectivity index (χ2v) is 5.28. The molecule has 0 saturated carbocycles. The van der Waals surface area contributed by atoms with Crippen LogP contribution in [0.4, 0.5) is 5.69 Å². The maximum Gasteiger partial charge on any atom is 0.294 e. The zero-order valence-electron chi connectivity index (χ0n) is 11.9. The lowest BCUT2D eigenvalue weighted by atomic mass is 10.3. The SMILES string of the molecule is Cc1[nH]nc(C(=O)N/N=C\c2cccs2)c1N=NN(C)C. The van der Waals surface area contributed by atoms with Gasteiger partial charge in [-0.1, -0.05) is 11.3 Å². The first kappa shape index (κ1) is 14.9. The smallest absolute Gasteiger partial charge is 0.285 e. The zero-order valence-corrected chi connectivity index (χ0v) is 12.7. The Balaban J connectivity index is 2.09. The highest BCUT2D eigenvalue weighted by atomic mass is 32.1. The van der Waals surface area contributed by atoms with Gasteiger partial charge in [0.15, 0.2) is 5.69 Å². The topological polar surface area (TPSA) is 98.1 Å². The molecule has 1 amide bonds. The Morgan fingerprint density at radius 1 is 1.52 bits per heavy atom. The van der Waals surface area contributed by atoms with Gasteiger partial charge in [0.05, 0.1) is 11.9 Å². The van der Waals surface area contributed by atoms with Crippen molar-refractivity contribution in [2.75, 3.05) is 14.1 Å². The number of hydrazone groups is 1. The van der Waals surface area contributed by atoms with Crippen LogP contribution in [0.5, 0.6) is 0 Å². The van der Waals surface area contributed by atoms with Crippen LogP contribution in [-0.4, -0.2) is 41.4 Å². The molecule has 0 aromatic carbocycles. The summed E-state index contributed by atoms with van der Waals surface area (Å²) >= 11 is 1.53. The number of nitrogens with zero attached hydrogens (tertiary/aromatic N) is 5. The number of carbonyl (C=O) groups is 1. The third-order valence-corrected chi connectivity index (χ3v) is 3.16. The molecule has 0 aliphatic carbocycles. The Hall–Kier alpha value is -2.55. The molecule has 0 fully saturated rings. The quantitative estimate of drug-likeness (QED) is 0.503. The van der Waals surface area contributed by atoms with E-state index in [1.165, 1.54) is 16.3 Å². The summed E-state index contributed by atoms with van der Waals surface area (Å²) in [6.45, 7) is 1.77. The molecule has 0 saturated heterocycles. The van der Waals surface area contributed by atoms with Crippen LogP contribution in [0.3, 0.4) is 0 Å². The minimum atomic E-state index is -0.445. The van der Waals surface area contributed by atoms with Crippen LogP contribution >= 0.6 is 11.3 Å². The van der Waals surface area contributed by atoms with Gasteiger partial charge in [0.2, 0.25) is 0 Å². The van der Waals surface area contributed by atoms with Crippen molar-refractivity contribution >= 4 is 29.1 Å². The molecule has 0 bridgehead atoms. The second-order valence-electron chi connectivity index (χ2n) is 4.30. The number of aromatic amines is 1. The second kappa shape index (κ2) is 6.75. The largest absolute Gasteiger partial charge is 0.294 e. The van der Waals surface area contributed by atoms with E-state index in [1.807, 2.05) is 17.5 Å². The molecule has 8 nitrogen and oxygen atoms in total. The lowest BCUT2D eigenvalue weighted by molar-refractivity contribution is 0.0950. The zero-order chi connectivity index (χ0) is 15.2. The lowest BCUT2D eigenvalue weighted by Gasteiger charge is -2.01. The normalized spacial score (nSPS) is 11.4. The van der Waals surface area contributed by atoms with Crippen LogP contribution in [0, 0.1) is 6.92 Å². The van der Waals surface area contributed by atoms with Gasteiger partial charge in [-0.15, -0.1) is 16.5 Å². The predicted octanol–water partition coefficient (Wildman–Crippen LogP) is 2.10. The summed E-state index contributed by atoms with van der Waals surface area (Å²) in [5.41, 5.74) is 3.63. The van der Waals surface area contributed by atoms with Gasteiger partial charge in [-0.3, -0.25) is 14.9 Å². The summed E-state index contributed by atoms with van der Waals surface area (Å²) in [5, 5.41) is 21.9. The first-order valence-corrected chi connectivity index (χ1v) is 6.96. The summed E-state index contributed by atoms with van der Waals surface area (Å²) in [6.07, 6.45) is 1.57. The van der Waals surface area contributed by atoms with Gasteiger partial charge in [-0.05, 0) is 18.4 Å². The molecular weight excluding hydrogens is 290 g/mol. The highest BCUT2D eigenvalue weighted by Gasteiger charge is 2.17. The van der Waals surface area contributed by atoms with E-state index in [0.717, 1.165) is 4.88 Å². The average molecular weight is 305 g/mol. The predicted molar refractivity (Wildman–Crippen MR) is 80.9 cm³/mol. The van der Waals surface area contributed by atoms with Gasteiger partial charge in [-0.25, -0.2) is 5.43 Å². The van der Waals surface area contributed by atoms with Crippen LogP contribution < -0.4 is 5.43 Å². The first-order valence-electron chi connectivity index (χ1n) is 6.09. The summed E-state index contributed by atoms with van der Waals surface area (Å²) < 4.78 is 0. The van der Waals surface area contributed by atoms with Gasteiger partial charge in [0.1, 0.15) is 5.69 Å². The number of nitrogens with one attached hydrogen (secondary N) is 2. The molecule has 2 aromatic rings. The minimum Gasteiger partial charge on any atom is -0.285 e. The molecule has 2 N–H and O–H groups in total. The summed E-state index contributed by atoms with van der Waals surface area (Å²) in [7, 11) is 3.48. The Morgan fingerprint density at radius 3 is 3.00 bits per heavy atom. The van der Waals surface area contributed by atoms with E-state index in [0.29, 0.717) is 11.4 Å². The molecule has 2 heterocycles. The number of rotatable bonds is 5. The van der Waals surface area contributed by atoms with Crippen LogP contribution in [-0.2, 0) is 0 Å². The molecule has 9 heteroatoms. The van der Waals surface area contributed by atoms with Crippen LogP contribution in [0.1, 0.15) is 21.1 Å². The van der Waals surface area contributed by atoms with Gasteiger partial charge >= 0.3 is 0 Å². The van der Waals surface area contributed by atoms with Crippen molar-refractivity contribution in [2.45, 2.75) is 6.92 Å². The minimum absolute atomic E-state index is 0.154. The van der Waals surface area contributed by atoms with Crippen molar-refractivity contribution in [3.8, 4) is 0 Å². The number of carbonyl (C=O) groups excluding carboxylic acids is 1. The standard InChI is InChI=1S/C12H15N7OS/c1-8-10(16-18-19(2)3)11(15-14-8)12(20)17-13-7-9-5-4-6-21-9/h4-7H,1-3H3,(H,14,15)(H,17,20)/b13-7-,18-16?. The Bertz CT molecular complexity index is 657. The fraction of sp³-hybridized carbons (Fsp3) is 0.250. The maximum atomic E-state index is 12.0. The highest BCUT2D eigenvalue weighted by molar-refractivity contribution is 7.11. The molecule has 0 radical (unpaired) electrons. The van der Waals surface area contributed by atoms with E-state index in [1.54, 1.807) is 27.2 Å². The van der Waals surface area contributed by atoms with Crippen molar-refractivity contribution in [2.24, 2.45) is 15.4 Å². The Kier molecular flexibility index (Phi) is 4.77. The van der Waals surface area contributed by atoms with Crippen molar-refractivity contribution in [1.82, 2.24) is 20.6 Å². The van der Waals surface area contributed by atoms with Crippen molar-refractivity contribution in [3.63, 3.8) is 0 Å². The van der Waals surface area contributed by atoms with Crippen LogP contribution in [0.2, 0.25) is 0 Å². The van der Waals surface area contributed by atoms with E-state index in [9.17, 15) is 4.79 Å². The Labute approximate surface area is 125 Å². The van der Waals surface area contributed by atoms with E-state index in [-0.39, 0.29) is 5.69 Å². The van der Waals surface area contributed by atoms with E-state index in [4.69, 9.17) is 0 Å². The number of aryl methyl sites for hydroxylation is 1. The number of H-pyrrole nitrogens is 1. The number of amides is 1. The van der Waals surface area contributed by atoms with Gasteiger partial charge in [0, 0.05) is 19.0 Å². The molecule has 0 atom stereocenters. The summed E-state index contributed by atoms with van der Waals surface area (Å²) in [6, 6.07) is 3.81. The third kappa shape index (κ3) is 3.96. The molecule has 0 aliphatic heterocycles. The fourth-order valence-electron chi connectivity index (χ4n) is 1.41. The molecule has 2 rings (SSSR count). The summed E-state index contributed by atoms with van der Waals surface area (Å²) in [4.78, 5) is 13.0. The number of aromatic nitrogens is 2. The highest BCUT2D eigenvalue weighted by Crippen LogP contribution is 2.21. The van der Waals surface area contributed by atoms with Crippen molar-refractivity contribution in [3.05, 3.63) is 33.8 Å². The van der Waals surface area contributed by atoms with E-state index in [2.05, 4.69) is 31.1 Å². The van der Waals surface area contributed by atoms with Crippen molar-refractivity contribution < 1.29 is 4.79 Å². The summed E-state index contributed by atoms with van der Waals surface area (Å²) in [5.74, 6) is -0.445. The molecule has 110 valence electrons. The number of hydrogen-bond acceptors (Lipinski definition) is 6. The Morgan fingerprint density at radius 2 is 2.33 bits per heavy atom. The fourth-order valence-corrected chi connectivity index (χ4v) is 2.00. The van der Waals surface area contributed by atoms with E-state index < -0.39 is 5.91 Å². The number of thiophene rings is 1.